The molecule has 0 atom stereocenters. The van der Waals surface area contributed by atoms with Crippen molar-refractivity contribution in [1.29, 1.82) is 0 Å². The number of aryl methyl sites for hydroxylation is 1. The molecule has 10 rings (SSSR count). The summed E-state index contributed by atoms with van der Waals surface area (Å²) >= 11 is 0. The zero-order valence-electron chi connectivity index (χ0n) is 30.1. The quantitative estimate of drug-likeness (QED) is 0.172. The number of hydrogen-bond acceptors (Lipinski definition) is 2. The van der Waals surface area contributed by atoms with Crippen molar-refractivity contribution in [2.75, 3.05) is 9.80 Å². The summed E-state index contributed by atoms with van der Waals surface area (Å²) in [5.41, 5.74) is 14.9. The molecule has 0 amide bonds. The molecule has 0 bridgehead atoms. The van der Waals surface area contributed by atoms with E-state index in [2.05, 4.69) is 206 Å². The SMILES string of the molecule is CC1(C)c2cc(N(c3ccccc3)c3ccc4c(c3)CCC=C4)ccc2-c2cc3ccc(N(c4ccccc4)c4ccc5ccccc5c4)cc3cc21. The fraction of sp³-hybridized carbons (Fsp3) is 0.0980. The second-order valence-electron chi connectivity index (χ2n) is 15.0. The van der Waals surface area contributed by atoms with Crippen molar-refractivity contribution in [2.24, 2.45) is 0 Å². The molecule has 8 aromatic carbocycles. The number of anilines is 6. The lowest BCUT2D eigenvalue weighted by Gasteiger charge is -2.29. The predicted molar refractivity (Wildman–Crippen MR) is 226 cm³/mol. The van der Waals surface area contributed by atoms with Crippen LogP contribution >= 0.6 is 0 Å². The van der Waals surface area contributed by atoms with E-state index in [9.17, 15) is 0 Å². The molecule has 0 N–H and O–H groups in total. The first-order valence-corrected chi connectivity index (χ1v) is 18.7. The van der Waals surface area contributed by atoms with Crippen molar-refractivity contribution < 1.29 is 0 Å². The van der Waals surface area contributed by atoms with Crippen LogP contribution in [0.5, 0.6) is 0 Å². The van der Waals surface area contributed by atoms with E-state index < -0.39 is 0 Å². The molecule has 0 saturated heterocycles. The molecule has 0 unspecified atom stereocenters. The second kappa shape index (κ2) is 12.4. The summed E-state index contributed by atoms with van der Waals surface area (Å²) in [7, 11) is 0. The van der Waals surface area contributed by atoms with Gasteiger partial charge >= 0.3 is 0 Å². The number of allylic oxidation sites excluding steroid dienone is 1. The fourth-order valence-corrected chi connectivity index (χ4v) is 8.66. The van der Waals surface area contributed by atoms with Crippen LogP contribution in [0.3, 0.4) is 0 Å². The Morgan fingerprint density at radius 2 is 0.962 bits per heavy atom. The third-order valence-corrected chi connectivity index (χ3v) is 11.4. The molecule has 0 heterocycles. The second-order valence-corrected chi connectivity index (χ2v) is 15.0. The van der Waals surface area contributed by atoms with Crippen LogP contribution in [0.1, 0.15) is 42.5 Å². The van der Waals surface area contributed by atoms with Gasteiger partial charge in [0.05, 0.1) is 0 Å². The summed E-state index contributed by atoms with van der Waals surface area (Å²) < 4.78 is 0. The molecule has 2 heteroatoms. The average molecular weight is 681 g/mol. The third-order valence-electron chi connectivity index (χ3n) is 11.4. The number of rotatable bonds is 6. The Morgan fingerprint density at radius 3 is 1.70 bits per heavy atom. The molecule has 8 aromatic rings. The van der Waals surface area contributed by atoms with Gasteiger partial charge in [-0.05, 0) is 153 Å². The maximum absolute atomic E-state index is 2.45. The van der Waals surface area contributed by atoms with Crippen LogP contribution in [0, 0.1) is 0 Å². The molecule has 2 nitrogen and oxygen atoms in total. The Morgan fingerprint density at radius 1 is 0.415 bits per heavy atom. The summed E-state index contributed by atoms with van der Waals surface area (Å²) in [5, 5.41) is 4.98. The largest absolute Gasteiger partial charge is 0.310 e. The molecular weight excluding hydrogens is 641 g/mol. The Labute approximate surface area is 311 Å². The summed E-state index contributed by atoms with van der Waals surface area (Å²) in [5.74, 6) is 0. The summed E-state index contributed by atoms with van der Waals surface area (Å²) in [6.07, 6.45) is 6.72. The first kappa shape index (κ1) is 31.4. The molecule has 254 valence electrons. The first-order valence-electron chi connectivity index (χ1n) is 18.7. The maximum Gasteiger partial charge on any atom is 0.0468 e. The molecule has 0 saturated carbocycles. The Kier molecular flexibility index (Phi) is 7.33. The highest BCUT2D eigenvalue weighted by molar-refractivity contribution is 5.97. The zero-order valence-corrected chi connectivity index (χ0v) is 30.1. The Hall–Kier alpha value is -6.38. The van der Waals surface area contributed by atoms with Gasteiger partial charge in [-0.15, -0.1) is 0 Å². The van der Waals surface area contributed by atoms with Crippen LogP contribution < -0.4 is 9.80 Å². The van der Waals surface area contributed by atoms with Gasteiger partial charge in [-0.3, -0.25) is 0 Å². The molecule has 2 aliphatic carbocycles. The molecule has 0 aliphatic heterocycles. The number of para-hydroxylation sites is 2. The predicted octanol–water partition coefficient (Wildman–Crippen LogP) is 14.2. The fourth-order valence-electron chi connectivity index (χ4n) is 8.66. The summed E-state index contributed by atoms with van der Waals surface area (Å²) in [4.78, 5) is 4.80. The van der Waals surface area contributed by atoms with E-state index in [1.807, 2.05) is 0 Å². The molecule has 0 spiro atoms. The van der Waals surface area contributed by atoms with Crippen LogP contribution in [0.25, 0.3) is 38.7 Å². The highest BCUT2D eigenvalue weighted by atomic mass is 15.1. The van der Waals surface area contributed by atoms with Gasteiger partial charge in [-0.25, -0.2) is 0 Å². The van der Waals surface area contributed by atoms with Crippen molar-refractivity contribution in [3.63, 3.8) is 0 Å². The van der Waals surface area contributed by atoms with E-state index in [1.54, 1.807) is 0 Å². The Bertz CT molecular complexity index is 2710. The third kappa shape index (κ3) is 5.33. The van der Waals surface area contributed by atoms with E-state index in [1.165, 1.54) is 72.0 Å². The van der Waals surface area contributed by atoms with Gasteiger partial charge in [0.1, 0.15) is 0 Å². The smallest absolute Gasteiger partial charge is 0.0468 e. The van der Waals surface area contributed by atoms with Crippen LogP contribution in [-0.2, 0) is 11.8 Å². The number of fused-ring (bicyclic) bond motifs is 6. The monoisotopic (exact) mass is 680 g/mol. The standard InChI is InChI=1S/C51H40N2/c1-51(2)49-33-40-31-45(52(41-17-5-3-6-18-41)43-24-21-35-13-9-11-15-37(35)29-43)26-23-39(40)32-48(49)47-28-27-46(34-50(47)51)53(42-19-7-4-8-20-42)44-25-22-36-14-10-12-16-38(36)30-44/h3-11,13-15,17-34H,12,16H2,1-2H3. The van der Waals surface area contributed by atoms with Gasteiger partial charge in [0.15, 0.2) is 0 Å². The lowest BCUT2D eigenvalue weighted by molar-refractivity contribution is 0.661. The average Bonchev–Trinajstić information content (AvgIpc) is 3.42. The minimum Gasteiger partial charge on any atom is -0.310 e. The van der Waals surface area contributed by atoms with E-state index in [0.717, 1.165) is 29.9 Å². The lowest BCUT2D eigenvalue weighted by Crippen LogP contribution is -2.17. The normalized spacial score (nSPS) is 13.8. The molecule has 53 heavy (non-hydrogen) atoms. The van der Waals surface area contributed by atoms with E-state index in [0.29, 0.717) is 0 Å². The number of nitrogens with zero attached hydrogens (tertiary/aromatic N) is 2. The maximum atomic E-state index is 2.45. The van der Waals surface area contributed by atoms with Crippen molar-refractivity contribution in [2.45, 2.75) is 32.1 Å². The molecular formula is C51H40N2. The van der Waals surface area contributed by atoms with Gasteiger partial charge in [-0.2, -0.15) is 0 Å². The topological polar surface area (TPSA) is 6.48 Å². The number of benzene rings is 8. The van der Waals surface area contributed by atoms with Crippen molar-refractivity contribution >= 4 is 61.7 Å². The molecule has 0 fully saturated rings. The first-order chi connectivity index (χ1) is 26.0. The van der Waals surface area contributed by atoms with Crippen molar-refractivity contribution in [1.82, 2.24) is 0 Å². The summed E-state index contributed by atoms with van der Waals surface area (Å²) in [6, 6.07) is 62.7. The van der Waals surface area contributed by atoms with E-state index in [4.69, 9.17) is 0 Å². The van der Waals surface area contributed by atoms with E-state index >= 15 is 0 Å². The summed E-state index contributed by atoms with van der Waals surface area (Å²) in [6.45, 7) is 4.78. The van der Waals surface area contributed by atoms with Crippen LogP contribution in [0.15, 0.2) is 176 Å². The van der Waals surface area contributed by atoms with Crippen molar-refractivity contribution in [3.8, 4) is 11.1 Å². The molecule has 2 aliphatic rings. The van der Waals surface area contributed by atoms with Crippen LogP contribution in [-0.4, -0.2) is 0 Å². The Balaban J connectivity index is 1.07. The highest BCUT2D eigenvalue weighted by Crippen LogP contribution is 2.52. The van der Waals surface area contributed by atoms with Crippen molar-refractivity contribution in [3.05, 3.63) is 198 Å². The van der Waals surface area contributed by atoms with Crippen LogP contribution in [0.4, 0.5) is 34.1 Å². The zero-order chi connectivity index (χ0) is 35.5. The van der Waals surface area contributed by atoms with Gasteiger partial charge < -0.3 is 9.80 Å². The molecule has 0 radical (unpaired) electrons. The van der Waals surface area contributed by atoms with Gasteiger partial charge in [0.25, 0.3) is 0 Å². The number of hydrogen-bond donors (Lipinski definition) is 0. The van der Waals surface area contributed by atoms with E-state index in [-0.39, 0.29) is 5.41 Å². The minimum atomic E-state index is -0.175. The minimum absolute atomic E-state index is 0.175. The van der Waals surface area contributed by atoms with Crippen LogP contribution in [0.2, 0.25) is 0 Å². The van der Waals surface area contributed by atoms with Gasteiger partial charge in [0.2, 0.25) is 0 Å². The lowest BCUT2D eigenvalue weighted by atomic mass is 9.81. The highest BCUT2D eigenvalue weighted by Gasteiger charge is 2.36. The van der Waals surface area contributed by atoms with Gasteiger partial charge in [-0.1, -0.05) is 111 Å². The van der Waals surface area contributed by atoms with Gasteiger partial charge in [0, 0.05) is 39.5 Å². The molecule has 0 aromatic heterocycles.